The minimum absolute atomic E-state index is 0.340. The molecule has 0 amide bonds. The van der Waals surface area contributed by atoms with E-state index in [2.05, 4.69) is 13.5 Å². The smallest absolute Gasteiger partial charge is 0.374 e. The van der Waals surface area contributed by atoms with Gasteiger partial charge in [0.15, 0.2) is 0 Å². The summed E-state index contributed by atoms with van der Waals surface area (Å²) in [5.74, 6) is -0.747. The Labute approximate surface area is 97.9 Å². The molecule has 3 nitrogen and oxygen atoms in total. The third kappa shape index (κ3) is 8.21. The highest BCUT2D eigenvalue weighted by atomic mass is 16.5. The van der Waals surface area contributed by atoms with E-state index < -0.39 is 11.8 Å². The van der Waals surface area contributed by atoms with Gasteiger partial charge in [0.1, 0.15) is 0 Å². The third-order valence-corrected chi connectivity index (χ3v) is 2.43. The molecule has 0 saturated carbocycles. The molecular formula is C13H22O3. The largest absolute Gasteiger partial charge is 0.460 e. The average Bonchev–Trinajstić information content (AvgIpc) is 2.16. The van der Waals surface area contributed by atoms with Gasteiger partial charge in [0, 0.05) is 6.92 Å². The first kappa shape index (κ1) is 14.9. The highest BCUT2D eigenvalue weighted by Gasteiger charge is 2.09. The third-order valence-electron chi connectivity index (χ3n) is 2.43. The summed E-state index contributed by atoms with van der Waals surface area (Å²) in [6.45, 7) is 9.56. The molecule has 0 N–H and O–H groups in total. The van der Waals surface area contributed by atoms with Gasteiger partial charge >= 0.3 is 5.97 Å². The molecule has 0 spiro atoms. The Hall–Kier alpha value is -1.12. The van der Waals surface area contributed by atoms with Crippen molar-refractivity contribution < 1.29 is 14.3 Å². The monoisotopic (exact) mass is 226 g/mol. The number of allylic oxidation sites excluding steroid dienone is 1. The maximum absolute atomic E-state index is 10.8. The van der Waals surface area contributed by atoms with Crippen molar-refractivity contribution >= 4 is 11.8 Å². The molecular weight excluding hydrogens is 204 g/mol. The number of rotatable bonds is 8. The highest BCUT2D eigenvalue weighted by Crippen LogP contribution is 2.14. The molecule has 0 aliphatic heterocycles. The van der Waals surface area contributed by atoms with E-state index in [1.54, 1.807) is 0 Å². The topological polar surface area (TPSA) is 43.4 Å². The van der Waals surface area contributed by atoms with E-state index in [1.165, 1.54) is 12.5 Å². The lowest BCUT2D eigenvalue weighted by molar-refractivity contribution is -0.153. The number of hydrogen-bond acceptors (Lipinski definition) is 3. The van der Waals surface area contributed by atoms with E-state index >= 15 is 0 Å². The van der Waals surface area contributed by atoms with Crippen LogP contribution >= 0.6 is 0 Å². The van der Waals surface area contributed by atoms with Gasteiger partial charge in [-0.05, 0) is 32.1 Å². The number of ether oxygens (including phenoxy) is 1. The lowest BCUT2D eigenvalue weighted by atomic mass is 9.99. The van der Waals surface area contributed by atoms with Gasteiger partial charge in [-0.25, -0.2) is 4.79 Å². The predicted octanol–water partition coefficient (Wildman–Crippen LogP) is 2.89. The molecule has 0 saturated heterocycles. The van der Waals surface area contributed by atoms with E-state index in [1.807, 2.05) is 6.92 Å². The van der Waals surface area contributed by atoms with Gasteiger partial charge in [0.05, 0.1) is 6.61 Å². The number of hydrogen-bond donors (Lipinski definition) is 0. The molecule has 1 unspecified atom stereocenters. The molecule has 0 heterocycles. The van der Waals surface area contributed by atoms with Crippen molar-refractivity contribution in [2.75, 3.05) is 6.61 Å². The number of Topliss-reactive ketones (excluding diaryl/α,β-unsaturated/α-hetero) is 1. The van der Waals surface area contributed by atoms with Gasteiger partial charge in [-0.1, -0.05) is 18.9 Å². The first-order chi connectivity index (χ1) is 7.43. The molecule has 0 radical (unpaired) electrons. The lowest BCUT2D eigenvalue weighted by Gasteiger charge is -2.10. The van der Waals surface area contributed by atoms with Crippen LogP contribution in [0.5, 0.6) is 0 Å². The van der Waals surface area contributed by atoms with Crippen LogP contribution in [-0.2, 0) is 14.3 Å². The average molecular weight is 226 g/mol. The number of carbonyl (C=O) groups excluding carboxylic acids is 2. The molecule has 92 valence electrons. The van der Waals surface area contributed by atoms with Crippen LogP contribution in [-0.4, -0.2) is 18.4 Å². The Morgan fingerprint density at radius 3 is 2.38 bits per heavy atom. The number of ketones is 1. The highest BCUT2D eigenvalue weighted by molar-refractivity contribution is 6.32. The molecule has 1 atom stereocenters. The molecule has 0 aliphatic rings. The zero-order chi connectivity index (χ0) is 12.6. The van der Waals surface area contributed by atoms with Crippen molar-refractivity contribution in [3.05, 3.63) is 12.2 Å². The van der Waals surface area contributed by atoms with Gasteiger partial charge in [-0.3, -0.25) is 4.79 Å². The summed E-state index contributed by atoms with van der Waals surface area (Å²) < 4.78 is 4.80. The number of esters is 1. The number of carbonyl (C=O) groups is 2. The van der Waals surface area contributed by atoms with E-state index in [0.29, 0.717) is 12.5 Å². The molecule has 3 heteroatoms. The van der Waals surface area contributed by atoms with E-state index in [4.69, 9.17) is 4.74 Å². The molecule has 0 rings (SSSR count). The fourth-order valence-corrected chi connectivity index (χ4v) is 1.35. The first-order valence-electron chi connectivity index (χ1n) is 5.75. The van der Waals surface area contributed by atoms with E-state index in [9.17, 15) is 9.59 Å². The second-order valence-corrected chi connectivity index (χ2v) is 4.44. The summed E-state index contributed by atoms with van der Waals surface area (Å²) in [6, 6.07) is 0. The predicted molar refractivity (Wildman–Crippen MR) is 64.1 cm³/mol. The maximum Gasteiger partial charge on any atom is 0.374 e. The minimum atomic E-state index is -0.728. The molecule has 0 aliphatic carbocycles. The van der Waals surface area contributed by atoms with E-state index in [-0.39, 0.29) is 0 Å². The fourth-order valence-electron chi connectivity index (χ4n) is 1.35. The van der Waals surface area contributed by atoms with Crippen LogP contribution in [0.1, 0.15) is 46.5 Å². The van der Waals surface area contributed by atoms with Gasteiger partial charge in [0.2, 0.25) is 5.78 Å². The van der Waals surface area contributed by atoms with Crippen LogP contribution in [0.4, 0.5) is 0 Å². The SMILES string of the molecule is C=C(C)CCCC(C)CCOC(=O)C(C)=O. The summed E-state index contributed by atoms with van der Waals surface area (Å²) in [6.07, 6.45) is 4.09. The second-order valence-electron chi connectivity index (χ2n) is 4.44. The normalized spacial score (nSPS) is 11.9. The van der Waals surface area contributed by atoms with Crippen molar-refractivity contribution in [1.29, 1.82) is 0 Å². The maximum atomic E-state index is 10.8. The Balaban J connectivity index is 3.50. The van der Waals surface area contributed by atoms with E-state index in [0.717, 1.165) is 25.7 Å². The lowest BCUT2D eigenvalue weighted by Crippen LogP contribution is -2.15. The Morgan fingerprint density at radius 2 is 1.88 bits per heavy atom. The van der Waals surface area contributed by atoms with Crippen LogP contribution in [0, 0.1) is 5.92 Å². The summed E-state index contributed by atoms with van der Waals surface area (Å²) in [5.41, 5.74) is 1.20. The van der Waals surface area contributed by atoms with Crippen LogP contribution in [0.3, 0.4) is 0 Å². The van der Waals surface area contributed by atoms with Crippen molar-refractivity contribution in [2.45, 2.75) is 46.5 Å². The van der Waals surface area contributed by atoms with Gasteiger partial charge < -0.3 is 4.74 Å². The molecule has 16 heavy (non-hydrogen) atoms. The molecule has 0 aromatic rings. The quantitative estimate of drug-likeness (QED) is 0.363. The molecule has 0 fully saturated rings. The summed E-state index contributed by atoms with van der Waals surface area (Å²) in [7, 11) is 0. The zero-order valence-corrected chi connectivity index (χ0v) is 10.5. The molecule has 0 bridgehead atoms. The Morgan fingerprint density at radius 1 is 1.25 bits per heavy atom. The second kappa shape index (κ2) is 8.08. The standard InChI is InChI=1S/C13H22O3/c1-10(2)6-5-7-11(3)8-9-16-13(15)12(4)14/h11H,1,5-9H2,2-4H3. The molecule has 0 aromatic heterocycles. The van der Waals surface area contributed by atoms with Gasteiger partial charge in [-0.2, -0.15) is 0 Å². The van der Waals surface area contributed by atoms with Crippen LogP contribution < -0.4 is 0 Å². The molecule has 0 aromatic carbocycles. The Kier molecular flexibility index (Phi) is 7.52. The van der Waals surface area contributed by atoms with Crippen molar-refractivity contribution in [3.63, 3.8) is 0 Å². The van der Waals surface area contributed by atoms with Crippen molar-refractivity contribution in [2.24, 2.45) is 5.92 Å². The van der Waals surface area contributed by atoms with Crippen LogP contribution in [0.15, 0.2) is 12.2 Å². The van der Waals surface area contributed by atoms with Crippen LogP contribution in [0.2, 0.25) is 0 Å². The minimum Gasteiger partial charge on any atom is -0.460 e. The van der Waals surface area contributed by atoms with Crippen LogP contribution in [0.25, 0.3) is 0 Å². The zero-order valence-electron chi connectivity index (χ0n) is 10.5. The summed E-state index contributed by atoms with van der Waals surface area (Å²) >= 11 is 0. The summed E-state index contributed by atoms with van der Waals surface area (Å²) in [4.78, 5) is 21.4. The van der Waals surface area contributed by atoms with Gasteiger partial charge in [-0.15, -0.1) is 6.58 Å². The summed E-state index contributed by atoms with van der Waals surface area (Å²) in [5, 5.41) is 0. The van der Waals surface area contributed by atoms with Crippen molar-refractivity contribution in [1.82, 2.24) is 0 Å². The Bertz CT molecular complexity index is 256. The van der Waals surface area contributed by atoms with Crippen molar-refractivity contribution in [3.8, 4) is 0 Å². The first-order valence-corrected chi connectivity index (χ1v) is 5.75. The fraction of sp³-hybridized carbons (Fsp3) is 0.692. The van der Waals surface area contributed by atoms with Gasteiger partial charge in [0.25, 0.3) is 0 Å².